The minimum Gasteiger partial charge on any atom is -0.336 e. The van der Waals surface area contributed by atoms with E-state index in [-0.39, 0.29) is 5.41 Å². The van der Waals surface area contributed by atoms with E-state index < -0.39 is 0 Å². The van der Waals surface area contributed by atoms with Crippen LogP contribution in [0, 0.1) is 5.41 Å². The van der Waals surface area contributed by atoms with Crippen molar-refractivity contribution in [1.29, 1.82) is 0 Å². The molecule has 2 saturated heterocycles. The van der Waals surface area contributed by atoms with Crippen molar-refractivity contribution in [2.75, 3.05) is 13.1 Å². The van der Waals surface area contributed by atoms with E-state index >= 15 is 0 Å². The number of fused-ring (bicyclic) bond motifs is 2. The second-order valence-corrected chi connectivity index (χ2v) is 5.20. The first-order chi connectivity index (χ1) is 5.98. The molecule has 2 fully saturated rings. The molecule has 2 bridgehead atoms. The Kier molecular flexibility index (Phi) is 1.88. The Labute approximate surface area is 79.5 Å². The molecule has 0 aliphatic carbocycles. The highest BCUT2D eigenvalue weighted by Crippen LogP contribution is 2.28. The quantitative estimate of drug-likeness (QED) is 0.595. The van der Waals surface area contributed by atoms with Gasteiger partial charge in [-0.3, -0.25) is 4.79 Å². The molecule has 2 atom stereocenters. The van der Waals surface area contributed by atoms with Gasteiger partial charge in [0.05, 0.1) is 0 Å². The summed E-state index contributed by atoms with van der Waals surface area (Å²) in [6, 6.07) is 1.04. The molecule has 2 aliphatic rings. The fourth-order valence-electron chi connectivity index (χ4n) is 2.24. The van der Waals surface area contributed by atoms with Gasteiger partial charge in [-0.1, -0.05) is 20.8 Å². The summed E-state index contributed by atoms with van der Waals surface area (Å²) in [6.07, 6.45) is 1.15. The third-order valence-corrected chi connectivity index (χ3v) is 2.96. The van der Waals surface area contributed by atoms with Crippen LogP contribution in [-0.4, -0.2) is 36.0 Å². The van der Waals surface area contributed by atoms with E-state index in [1.165, 1.54) is 0 Å². The maximum Gasteiger partial charge on any atom is 0.228 e. The van der Waals surface area contributed by atoms with E-state index in [1.54, 1.807) is 0 Å². The molecule has 2 aliphatic heterocycles. The summed E-state index contributed by atoms with van der Waals surface area (Å²) in [5.41, 5.74) is -0.218. The van der Waals surface area contributed by atoms with Crippen molar-refractivity contribution >= 4 is 5.91 Å². The van der Waals surface area contributed by atoms with Gasteiger partial charge in [-0.05, 0) is 6.42 Å². The minimum atomic E-state index is -0.218. The summed E-state index contributed by atoms with van der Waals surface area (Å²) in [6.45, 7) is 7.89. The van der Waals surface area contributed by atoms with E-state index in [2.05, 4.69) is 10.2 Å². The smallest absolute Gasteiger partial charge is 0.228 e. The maximum absolute atomic E-state index is 12.0. The molecule has 0 aromatic rings. The van der Waals surface area contributed by atoms with Gasteiger partial charge in [0.15, 0.2) is 0 Å². The number of piperazine rings is 1. The van der Waals surface area contributed by atoms with Crippen LogP contribution in [-0.2, 0) is 4.79 Å². The predicted molar refractivity (Wildman–Crippen MR) is 51.4 cm³/mol. The van der Waals surface area contributed by atoms with E-state index in [1.807, 2.05) is 20.8 Å². The van der Waals surface area contributed by atoms with Crippen molar-refractivity contribution < 1.29 is 4.79 Å². The Balaban J connectivity index is 2.07. The second kappa shape index (κ2) is 2.71. The Morgan fingerprint density at radius 3 is 2.54 bits per heavy atom. The summed E-state index contributed by atoms with van der Waals surface area (Å²) >= 11 is 0. The molecule has 2 rings (SSSR count). The molecule has 1 amide bonds. The van der Waals surface area contributed by atoms with Crippen molar-refractivity contribution in [3.8, 4) is 0 Å². The van der Waals surface area contributed by atoms with E-state index in [0.717, 1.165) is 19.5 Å². The zero-order valence-corrected chi connectivity index (χ0v) is 8.63. The average molecular weight is 182 g/mol. The van der Waals surface area contributed by atoms with Crippen LogP contribution in [0.25, 0.3) is 0 Å². The van der Waals surface area contributed by atoms with Crippen LogP contribution < -0.4 is 5.32 Å². The number of hydrogen-bond acceptors (Lipinski definition) is 2. The van der Waals surface area contributed by atoms with Crippen LogP contribution >= 0.6 is 0 Å². The summed E-state index contributed by atoms with van der Waals surface area (Å²) < 4.78 is 0. The van der Waals surface area contributed by atoms with E-state index in [4.69, 9.17) is 0 Å². The molecule has 0 spiro atoms. The SMILES string of the molecule is CC(C)(C)C(=O)N1C[C@@H]2C[C@H]1CN2. The standard InChI is InChI=1S/C10H18N2O/c1-10(2,3)9(13)12-6-7-4-8(12)5-11-7/h7-8,11H,4-6H2,1-3H3/t7-,8-/m0/s1. The molecule has 1 N–H and O–H groups in total. The van der Waals surface area contributed by atoms with Gasteiger partial charge in [0, 0.05) is 30.6 Å². The highest BCUT2D eigenvalue weighted by molar-refractivity contribution is 5.82. The number of amides is 1. The lowest BCUT2D eigenvalue weighted by molar-refractivity contribution is -0.140. The number of nitrogens with one attached hydrogen (secondary N) is 1. The first kappa shape index (κ1) is 9.00. The normalized spacial score (nSPS) is 32.7. The van der Waals surface area contributed by atoms with Gasteiger partial charge < -0.3 is 10.2 Å². The number of rotatable bonds is 0. The maximum atomic E-state index is 12.0. The van der Waals surface area contributed by atoms with Crippen LogP contribution in [0.5, 0.6) is 0 Å². The fourth-order valence-corrected chi connectivity index (χ4v) is 2.24. The summed E-state index contributed by atoms with van der Waals surface area (Å²) in [5.74, 6) is 0.307. The van der Waals surface area contributed by atoms with Crippen LogP contribution in [0.2, 0.25) is 0 Å². The van der Waals surface area contributed by atoms with Crippen molar-refractivity contribution in [2.45, 2.75) is 39.3 Å². The van der Waals surface area contributed by atoms with Crippen LogP contribution in [0.4, 0.5) is 0 Å². The molecule has 3 nitrogen and oxygen atoms in total. The minimum absolute atomic E-state index is 0.218. The largest absolute Gasteiger partial charge is 0.336 e. The Hall–Kier alpha value is -0.570. The average Bonchev–Trinajstić information content (AvgIpc) is 2.60. The topological polar surface area (TPSA) is 32.3 Å². The second-order valence-electron chi connectivity index (χ2n) is 5.20. The Morgan fingerprint density at radius 2 is 2.15 bits per heavy atom. The van der Waals surface area contributed by atoms with Crippen molar-refractivity contribution in [2.24, 2.45) is 5.41 Å². The van der Waals surface area contributed by atoms with E-state index in [0.29, 0.717) is 18.0 Å². The summed E-state index contributed by atoms with van der Waals surface area (Å²) in [7, 11) is 0. The molecular formula is C10H18N2O. The van der Waals surface area contributed by atoms with E-state index in [9.17, 15) is 4.79 Å². The zero-order valence-electron chi connectivity index (χ0n) is 8.63. The van der Waals surface area contributed by atoms with Gasteiger partial charge in [0.2, 0.25) is 5.91 Å². The molecule has 0 saturated carbocycles. The molecule has 13 heavy (non-hydrogen) atoms. The van der Waals surface area contributed by atoms with Gasteiger partial charge in [0.1, 0.15) is 0 Å². The van der Waals surface area contributed by atoms with Gasteiger partial charge in [-0.2, -0.15) is 0 Å². The molecule has 0 radical (unpaired) electrons. The number of nitrogens with zero attached hydrogens (tertiary/aromatic N) is 1. The number of carbonyl (C=O) groups excluding carboxylic acids is 1. The molecule has 2 heterocycles. The number of likely N-dealkylation sites (tertiary alicyclic amines) is 1. The van der Waals surface area contributed by atoms with Crippen LogP contribution in [0.3, 0.4) is 0 Å². The van der Waals surface area contributed by atoms with Crippen molar-refractivity contribution in [3.05, 3.63) is 0 Å². The van der Waals surface area contributed by atoms with Crippen LogP contribution in [0.1, 0.15) is 27.2 Å². The lowest BCUT2D eigenvalue weighted by atomic mass is 9.94. The lowest BCUT2D eigenvalue weighted by Gasteiger charge is -2.32. The van der Waals surface area contributed by atoms with Gasteiger partial charge >= 0.3 is 0 Å². The Morgan fingerprint density at radius 1 is 1.46 bits per heavy atom. The molecule has 3 heteroatoms. The first-order valence-electron chi connectivity index (χ1n) is 5.03. The third-order valence-electron chi connectivity index (χ3n) is 2.96. The van der Waals surface area contributed by atoms with Gasteiger partial charge in [0.25, 0.3) is 0 Å². The van der Waals surface area contributed by atoms with Crippen molar-refractivity contribution in [1.82, 2.24) is 10.2 Å². The van der Waals surface area contributed by atoms with Crippen molar-refractivity contribution in [3.63, 3.8) is 0 Å². The van der Waals surface area contributed by atoms with Gasteiger partial charge in [-0.15, -0.1) is 0 Å². The summed E-state index contributed by atoms with van der Waals surface area (Å²) in [5, 5.41) is 3.40. The molecule has 0 unspecified atom stereocenters. The van der Waals surface area contributed by atoms with Gasteiger partial charge in [-0.25, -0.2) is 0 Å². The highest BCUT2D eigenvalue weighted by atomic mass is 16.2. The molecular weight excluding hydrogens is 164 g/mol. The molecule has 74 valence electrons. The summed E-state index contributed by atoms with van der Waals surface area (Å²) in [4.78, 5) is 14.0. The zero-order chi connectivity index (χ0) is 9.64. The van der Waals surface area contributed by atoms with Crippen LogP contribution in [0.15, 0.2) is 0 Å². The predicted octanol–water partition coefficient (Wildman–Crippen LogP) is 0.605. The first-order valence-corrected chi connectivity index (χ1v) is 5.03. The monoisotopic (exact) mass is 182 g/mol. The number of hydrogen-bond donors (Lipinski definition) is 1. The third kappa shape index (κ3) is 1.46. The number of carbonyl (C=O) groups is 1. The highest BCUT2D eigenvalue weighted by Gasteiger charge is 2.42. The molecule has 0 aromatic carbocycles. The lowest BCUT2D eigenvalue weighted by Crippen LogP contribution is -2.50. The Bertz CT molecular complexity index is 232. The molecule has 0 aromatic heterocycles. The fraction of sp³-hybridized carbons (Fsp3) is 0.900.